The van der Waals surface area contributed by atoms with Crippen molar-refractivity contribution >= 4 is 16.7 Å². The maximum atomic E-state index is 10.6. The number of hydrogen-bond acceptors (Lipinski definition) is 5. The van der Waals surface area contributed by atoms with E-state index >= 15 is 0 Å². The van der Waals surface area contributed by atoms with Crippen molar-refractivity contribution in [2.75, 3.05) is 12.4 Å². The topological polar surface area (TPSA) is 67.3 Å². The molecule has 0 unspecified atom stereocenters. The summed E-state index contributed by atoms with van der Waals surface area (Å²) in [5.74, 6) is 1.50. The number of fused-ring (bicyclic) bond motifs is 1. The van der Waals surface area contributed by atoms with Crippen molar-refractivity contribution < 1.29 is 9.84 Å². The third-order valence-corrected chi connectivity index (χ3v) is 4.17. The highest BCUT2D eigenvalue weighted by atomic mass is 16.5. The second-order valence-electron chi connectivity index (χ2n) is 5.84. The minimum atomic E-state index is -0.662. The van der Waals surface area contributed by atoms with Gasteiger partial charge in [-0.1, -0.05) is 24.3 Å². The second kappa shape index (κ2) is 6.84. The number of rotatable bonds is 5. The fourth-order valence-electron chi connectivity index (χ4n) is 2.78. The van der Waals surface area contributed by atoms with Gasteiger partial charge in [0.05, 0.1) is 24.8 Å². The number of aromatic nitrogens is 2. The summed E-state index contributed by atoms with van der Waals surface area (Å²) in [5.41, 5.74) is 2.81. The highest BCUT2D eigenvalue weighted by Crippen LogP contribution is 2.26. The van der Waals surface area contributed by atoms with E-state index in [1.165, 1.54) is 6.33 Å². The van der Waals surface area contributed by atoms with E-state index in [1.54, 1.807) is 7.11 Å². The van der Waals surface area contributed by atoms with Gasteiger partial charge in [-0.2, -0.15) is 0 Å². The Morgan fingerprint density at radius 1 is 1.08 bits per heavy atom. The molecule has 0 fully saturated rings. The van der Waals surface area contributed by atoms with Gasteiger partial charge in [0.25, 0.3) is 0 Å². The minimum Gasteiger partial charge on any atom is -0.497 e. The summed E-state index contributed by atoms with van der Waals surface area (Å²) in [6, 6.07) is 13.2. The molecule has 3 aromatic rings. The lowest BCUT2D eigenvalue weighted by Gasteiger charge is -2.22. The summed E-state index contributed by atoms with van der Waals surface area (Å²) >= 11 is 0. The van der Waals surface area contributed by atoms with Crippen molar-refractivity contribution in [3.63, 3.8) is 0 Å². The van der Waals surface area contributed by atoms with E-state index < -0.39 is 6.10 Å². The summed E-state index contributed by atoms with van der Waals surface area (Å²) in [5, 5.41) is 14.9. The van der Waals surface area contributed by atoms with Gasteiger partial charge in [0.2, 0.25) is 0 Å². The number of aryl methyl sites for hydroxylation is 1. The van der Waals surface area contributed by atoms with E-state index in [2.05, 4.69) is 15.3 Å². The lowest BCUT2D eigenvalue weighted by molar-refractivity contribution is 0.160. The number of hydrogen-bond donors (Lipinski definition) is 2. The zero-order valence-corrected chi connectivity index (χ0v) is 14.0. The predicted molar refractivity (Wildman–Crippen MR) is 95.3 cm³/mol. The van der Waals surface area contributed by atoms with Gasteiger partial charge >= 0.3 is 0 Å². The smallest absolute Gasteiger partial charge is 0.137 e. The molecule has 24 heavy (non-hydrogen) atoms. The lowest BCUT2D eigenvalue weighted by atomic mass is 10.0. The highest BCUT2D eigenvalue weighted by molar-refractivity contribution is 5.91. The molecule has 0 aliphatic heterocycles. The number of aliphatic hydroxyl groups excluding tert-OH is 1. The molecular formula is C19H21N3O2. The number of nitrogens with one attached hydrogen (secondary N) is 1. The first-order valence-electron chi connectivity index (χ1n) is 7.89. The Kier molecular flexibility index (Phi) is 4.62. The molecule has 1 aromatic heterocycles. The van der Waals surface area contributed by atoms with Crippen LogP contribution in [0.1, 0.15) is 24.2 Å². The Bertz CT molecular complexity index is 828. The number of anilines is 1. The summed E-state index contributed by atoms with van der Waals surface area (Å²) < 4.78 is 5.15. The summed E-state index contributed by atoms with van der Waals surface area (Å²) in [6.45, 7) is 3.96. The first-order valence-corrected chi connectivity index (χ1v) is 7.89. The van der Waals surface area contributed by atoms with Crippen LogP contribution in [0.25, 0.3) is 10.9 Å². The number of aliphatic hydroxyl groups is 1. The minimum absolute atomic E-state index is 0.212. The standard InChI is InChI=1S/C19H21N3O2/c1-12-5-4-6-16-17(12)19(21-11-20-16)22-13(2)18(23)14-7-9-15(24-3)10-8-14/h4-11,13,18,23H,1-3H3,(H,20,21,22)/t13-,18-/m0/s1. The van der Waals surface area contributed by atoms with Crippen molar-refractivity contribution in [3.05, 3.63) is 59.9 Å². The van der Waals surface area contributed by atoms with Gasteiger partial charge in [0.15, 0.2) is 0 Å². The molecule has 2 aromatic carbocycles. The monoisotopic (exact) mass is 323 g/mol. The van der Waals surface area contributed by atoms with Gasteiger partial charge in [-0.25, -0.2) is 9.97 Å². The van der Waals surface area contributed by atoms with Crippen molar-refractivity contribution in [2.45, 2.75) is 26.0 Å². The summed E-state index contributed by atoms with van der Waals surface area (Å²) in [7, 11) is 1.62. The van der Waals surface area contributed by atoms with Crippen LogP contribution in [0.3, 0.4) is 0 Å². The van der Waals surface area contributed by atoms with E-state index in [-0.39, 0.29) is 6.04 Å². The van der Waals surface area contributed by atoms with Gasteiger partial charge in [-0.15, -0.1) is 0 Å². The molecule has 5 heteroatoms. The van der Waals surface area contributed by atoms with Gasteiger partial charge in [-0.3, -0.25) is 0 Å². The molecule has 0 radical (unpaired) electrons. The van der Waals surface area contributed by atoms with Gasteiger partial charge in [0.1, 0.15) is 17.9 Å². The van der Waals surface area contributed by atoms with E-state index in [0.29, 0.717) is 0 Å². The van der Waals surface area contributed by atoms with Crippen LogP contribution in [0.5, 0.6) is 5.75 Å². The van der Waals surface area contributed by atoms with Crippen molar-refractivity contribution in [1.82, 2.24) is 9.97 Å². The fraction of sp³-hybridized carbons (Fsp3) is 0.263. The Morgan fingerprint density at radius 2 is 1.83 bits per heavy atom. The lowest BCUT2D eigenvalue weighted by Crippen LogP contribution is -2.24. The first-order chi connectivity index (χ1) is 11.6. The molecule has 0 aliphatic carbocycles. The van der Waals surface area contributed by atoms with E-state index in [1.807, 2.05) is 56.3 Å². The molecule has 3 rings (SSSR count). The maximum Gasteiger partial charge on any atom is 0.137 e. The molecule has 0 saturated heterocycles. The summed E-state index contributed by atoms with van der Waals surface area (Å²) in [4.78, 5) is 8.66. The SMILES string of the molecule is COc1ccc([C@@H](O)[C@H](C)Nc2ncnc3cccc(C)c23)cc1. The molecule has 0 spiro atoms. The highest BCUT2D eigenvalue weighted by Gasteiger charge is 2.18. The van der Waals surface area contributed by atoms with Gasteiger partial charge < -0.3 is 15.2 Å². The molecule has 2 N–H and O–H groups in total. The van der Waals surface area contributed by atoms with Gasteiger partial charge in [0, 0.05) is 5.39 Å². The van der Waals surface area contributed by atoms with Crippen molar-refractivity contribution in [2.24, 2.45) is 0 Å². The normalized spacial score (nSPS) is 13.5. The average molecular weight is 323 g/mol. The Morgan fingerprint density at radius 3 is 2.54 bits per heavy atom. The van der Waals surface area contributed by atoms with Gasteiger partial charge in [-0.05, 0) is 43.2 Å². The van der Waals surface area contributed by atoms with Crippen LogP contribution in [0.2, 0.25) is 0 Å². The zero-order chi connectivity index (χ0) is 17.1. The van der Waals surface area contributed by atoms with Crippen LogP contribution in [-0.2, 0) is 0 Å². The first kappa shape index (κ1) is 16.2. The Labute approximate surface area is 141 Å². The van der Waals surface area contributed by atoms with Crippen molar-refractivity contribution in [1.29, 1.82) is 0 Å². The molecule has 0 amide bonds. The third-order valence-electron chi connectivity index (χ3n) is 4.17. The van der Waals surface area contributed by atoms with E-state index in [0.717, 1.165) is 33.6 Å². The quantitative estimate of drug-likeness (QED) is 0.752. The number of nitrogens with zero attached hydrogens (tertiary/aromatic N) is 2. The van der Waals surface area contributed by atoms with Crippen LogP contribution < -0.4 is 10.1 Å². The van der Waals surface area contributed by atoms with Crippen LogP contribution in [0.15, 0.2) is 48.8 Å². The van der Waals surface area contributed by atoms with E-state index in [9.17, 15) is 5.11 Å². The molecule has 0 bridgehead atoms. The Hall–Kier alpha value is -2.66. The molecule has 124 valence electrons. The molecule has 2 atom stereocenters. The Balaban J connectivity index is 1.85. The van der Waals surface area contributed by atoms with Crippen molar-refractivity contribution in [3.8, 4) is 5.75 Å². The zero-order valence-electron chi connectivity index (χ0n) is 14.0. The molecule has 0 saturated carbocycles. The van der Waals surface area contributed by atoms with Crippen LogP contribution in [0, 0.1) is 6.92 Å². The fourth-order valence-corrected chi connectivity index (χ4v) is 2.78. The number of methoxy groups -OCH3 is 1. The van der Waals surface area contributed by atoms with Crippen LogP contribution in [0.4, 0.5) is 5.82 Å². The molecule has 5 nitrogen and oxygen atoms in total. The molecule has 1 heterocycles. The maximum absolute atomic E-state index is 10.6. The summed E-state index contributed by atoms with van der Waals surface area (Å²) in [6.07, 6.45) is 0.876. The average Bonchev–Trinajstić information content (AvgIpc) is 2.61. The third kappa shape index (κ3) is 3.16. The predicted octanol–water partition coefficient (Wildman–Crippen LogP) is 3.48. The molecule has 0 aliphatic rings. The second-order valence-corrected chi connectivity index (χ2v) is 5.84. The van der Waals surface area contributed by atoms with Crippen LogP contribution in [-0.4, -0.2) is 28.2 Å². The largest absolute Gasteiger partial charge is 0.497 e. The van der Waals surface area contributed by atoms with E-state index in [4.69, 9.17) is 4.74 Å². The van der Waals surface area contributed by atoms with Crippen LogP contribution >= 0.6 is 0 Å². The molecular weight excluding hydrogens is 302 g/mol. The number of benzene rings is 2. The number of ether oxygens (including phenoxy) is 1.